The Labute approximate surface area is 164 Å². The number of rotatable bonds is 5. The lowest BCUT2D eigenvalue weighted by Crippen LogP contribution is -2.02. The second kappa shape index (κ2) is 7.16. The van der Waals surface area contributed by atoms with Crippen molar-refractivity contribution in [2.75, 3.05) is 0 Å². The Bertz CT molecular complexity index is 1230. The van der Waals surface area contributed by atoms with Crippen molar-refractivity contribution in [2.45, 2.75) is 13.3 Å². The summed E-state index contributed by atoms with van der Waals surface area (Å²) in [6, 6.07) is 12.3. The Morgan fingerprint density at radius 3 is 2.38 bits per heavy atom. The van der Waals surface area contributed by atoms with E-state index in [2.05, 4.69) is 27.1 Å². The predicted molar refractivity (Wildman–Crippen MR) is 106 cm³/mol. The summed E-state index contributed by atoms with van der Waals surface area (Å²) in [5.74, 6) is -2.28. The lowest BCUT2D eigenvalue weighted by Gasteiger charge is -2.07. The molecule has 8 nitrogen and oxygen atoms in total. The Hall–Kier alpha value is -4.07. The summed E-state index contributed by atoms with van der Waals surface area (Å²) in [6.07, 6.45) is 2.15. The van der Waals surface area contributed by atoms with Crippen LogP contribution in [-0.2, 0) is 6.42 Å². The standard InChI is InChI=1S/C21H16N4O4/c1-2-11-3-5-12(6-4-11)18-17-14(15-8-7-13(10-22-15)20(26)27)9-16(21(28)29)23-19(17)25-24-18/h3-10H,2H2,1H3,(H,26,27)(H,28,29)(H,23,24,25). The van der Waals surface area contributed by atoms with Gasteiger partial charge in [0.1, 0.15) is 0 Å². The second-order valence-electron chi connectivity index (χ2n) is 6.45. The number of hydrogen-bond acceptors (Lipinski definition) is 5. The fourth-order valence-electron chi connectivity index (χ4n) is 3.13. The molecule has 0 aliphatic heterocycles. The summed E-state index contributed by atoms with van der Waals surface area (Å²) >= 11 is 0. The van der Waals surface area contributed by atoms with Crippen LogP contribution < -0.4 is 0 Å². The van der Waals surface area contributed by atoms with Gasteiger partial charge in [0.15, 0.2) is 11.3 Å². The van der Waals surface area contributed by atoms with Gasteiger partial charge in [-0.2, -0.15) is 5.10 Å². The molecule has 0 amide bonds. The number of benzene rings is 1. The summed E-state index contributed by atoms with van der Waals surface area (Å²) in [5, 5.41) is 26.3. The Morgan fingerprint density at radius 2 is 1.79 bits per heavy atom. The number of aromatic amines is 1. The third-order valence-electron chi connectivity index (χ3n) is 4.68. The van der Waals surface area contributed by atoms with Crippen LogP contribution in [0.25, 0.3) is 33.5 Å². The molecule has 0 aliphatic rings. The van der Waals surface area contributed by atoms with E-state index < -0.39 is 11.9 Å². The Morgan fingerprint density at radius 1 is 1.03 bits per heavy atom. The highest BCUT2D eigenvalue weighted by atomic mass is 16.4. The van der Waals surface area contributed by atoms with Gasteiger partial charge in [0.05, 0.1) is 22.3 Å². The van der Waals surface area contributed by atoms with Crippen LogP contribution in [0.15, 0.2) is 48.7 Å². The largest absolute Gasteiger partial charge is 0.478 e. The third kappa shape index (κ3) is 3.31. The van der Waals surface area contributed by atoms with Crippen LogP contribution >= 0.6 is 0 Å². The van der Waals surface area contributed by atoms with Gasteiger partial charge in [0.25, 0.3) is 0 Å². The average Bonchev–Trinajstić information content (AvgIpc) is 3.17. The van der Waals surface area contributed by atoms with Crippen molar-refractivity contribution in [3.63, 3.8) is 0 Å². The molecule has 3 aromatic heterocycles. The smallest absolute Gasteiger partial charge is 0.354 e. The van der Waals surface area contributed by atoms with Gasteiger partial charge in [-0.25, -0.2) is 14.6 Å². The molecule has 29 heavy (non-hydrogen) atoms. The van der Waals surface area contributed by atoms with Crippen LogP contribution in [0.1, 0.15) is 33.3 Å². The highest BCUT2D eigenvalue weighted by Gasteiger charge is 2.19. The molecule has 3 N–H and O–H groups in total. The van der Waals surface area contributed by atoms with Crippen LogP contribution in [0.4, 0.5) is 0 Å². The zero-order chi connectivity index (χ0) is 20.5. The van der Waals surface area contributed by atoms with Crippen molar-refractivity contribution < 1.29 is 19.8 Å². The van der Waals surface area contributed by atoms with E-state index in [1.165, 1.54) is 23.9 Å². The van der Waals surface area contributed by atoms with Crippen LogP contribution in [0.2, 0.25) is 0 Å². The van der Waals surface area contributed by atoms with Crippen molar-refractivity contribution >= 4 is 23.0 Å². The van der Waals surface area contributed by atoms with E-state index in [-0.39, 0.29) is 16.9 Å². The van der Waals surface area contributed by atoms with Crippen molar-refractivity contribution in [3.8, 4) is 22.5 Å². The molecule has 3 heterocycles. The van der Waals surface area contributed by atoms with Crippen molar-refractivity contribution in [1.82, 2.24) is 20.2 Å². The molecule has 0 aliphatic carbocycles. The fourth-order valence-corrected chi connectivity index (χ4v) is 3.13. The lowest BCUT2D eigenvalue weighted by atomic mass is 10.0. The number of hydrogen-bond donors (Lipinski definition) is 3. The molecule has 0 saturated heterocycles. The van der Waals surface area contributed by atoms with Gasteiger partial charge in [0, 0.05) is 17.3 Å². The highest BCUT2D eigenvalue weighted by Crippen LogP contribution is 2.34. The molecule has 0 radical (unpaired) electrons. The van der Waals surface area contributed by atoms with Gasteiger partial charge in [0.2, 0.25) is 0 Å². The maximum Gasteiger partial charge on any atom is 0.354 e. The monoisotopic (exact) mass is 388 g/mol. The third-order valence-corrected chi connectivity index (χ3v) is 4.68. The maximum absolute atomic E-state index is 11.5. The van der Waals surface area contributed by atoms with E-state index in [0.29, 0.717) is 22.3 Å². The van der Waals surface area contributed by atoms with E-state index in [0.717, 1.165) is 12.0 Å². The number of pyridine rings is 2. The minimum atomic E-state index is -1.19. The Balaban J connectivity index is 1.95. The van der Waals surface area contributed by atoms with Crippen LogP contribution in [0.5, 0.6) is 0 Å². The molecule has 4 aromatic rings. The summed E-state index contributed by atoms with van der Waals surface area (Å²) in [7, 11) is 0. The van der Waals surface area contributed by atoms with Gasteiger partial charge in [-0.1, -0.05) is 31.2 Å². The quantitative estimate of drug-likeness (QED) is 0.476. The first-order valence-corrected chi connectivity index (χ1v) is 8.89. The number of nitrogens with one attached hydrogen (secondary N) is 1. The lowest BCUT2D eigenvalue weighted by molar-refractivity contribution is 0.0682. The van der Waals surface area contributed by atoms with Gasteiger partial charge >= 0.3 is 11.9 Å². The van der Waals surface area contributed by atoms with Gasteiger partial charge in [-0.05, 0) is 30.2 Å². The minimum Gasteiger partial charge on any atom is -0.478 e. The van der Waals surface area contributed by atoms with Crippen molar-refractivity contribution in [1.29, 1.82) is 0 Å². The summed E-state index contributed by atoms with van der Waals surface area (Å²) in [6.45, 7) is 2.07. The van der Waals surface area contributed by atoms with Crippen molar-refractivity contribution in [2.24, 2.45) is 0 Å². The fraction of sp³-hybridized carbons (Fsp3) is 0.0952. The molecule has 4 rings (SSSR count). The number of nitrogens with zero attached hydrogens (tertiary/aromatic N) is 3. The number of aryl methyl sites for hydroxylation is 1. The van der Waals surface area contributed by atoms with E-state index in [1.807, 2.05) is 24.3 Å². The number of fused-ring (bicyclic) bond motifs is 1. The first kappa shape index (κ1) is 18.3. The zero-order valence-electron chi connectivity index (χ0n) is 15.4. The maximum atomic E-state index is 11.5. The molecular weight excluding hydrogens is 372 g/mol. The zero-order valence-corrected chi connectivity index (χ0v) is 15.4. The van der Waals surface area contributed by atoms with Gasteiger partial charge in [-0.15, -0.1) is 0 Å². The number of H-pyrrole nitrogens is 1. The molecule has 0 bridgehead atoms. The number of carboxylic acid groups (broad SMARTS) is 2. The molecular formula is C21H16N4O4. The normalized spacial score (nSPS) is 10.9. The van der Waals surface area contributed by atoms with E-state index >= 15 is 0 Å². The van der Waals surface area contributed by atoms with E-state index in [9.17, 15) is 14.7 Å². The molecule has 8 heteroatoms. The minimum absolute atomic E-state index is 0.0417. The first-order valence-electron chi connectivity index (χ1n) is 8.89. The summed E-state index contributed by atoms with van der Waals surface area (Å²) in [5.41, 5.74) is 3.80. The number of aromatic carboxylic acids is 2. The molecule has 0 saturated carbocycles. The molecule has 0 atom stereocenters. The second-order valence-corrected chi connectivity index (χ2v) is 6.45. The van der Waals surface area contributed by atoms with E-state index in [4.69, 9.17) is 5.11 Å². The highest BCUT2D eigenvalue weighted by molar-refractivity contribution is 6.04. The van der Waals surface area contributed by atoms with Crippen LogP contribution in [0.3, 0.4) is 0 Å². The molecule has 144 valence electrons. The molecule has 0 unspecified atom stereocenters. The topological polar surface area (TPSA) is 129 Å². The first-order chi connectivity index (χ1) is 14.0. The number of aromatic nitrogens is 4. The van der Waals surface area contributed by atoms with Crippen molar-refractivity contribution in [3.05, 3.63) is 65.5 Å². The summed E-state index contributed by atoms with van der Waals surface area (Å²) < 4.78 is 0. The SMILES string of the molecule is CCc1ccc(-c2[nH]nc3nc(C(=O)O)cc(-c4ccc(C(=O)O)cn4)c23)cc1. The average molecular weight is 388 g/mol. The number of carbonyl (C=O) groups is 2. The Kier molecular flexibility index (Phi) is 4.52. The van der Waals surface area contributed by atoms with E-state index in [1.54, 1.807) is 6.07 Å². The molecule has 0 fully saturated rings. The summed E-state index contributed by atoms with van der Waals surface area (Å²) in [4.78, 5) is 31.0. The van der Waals surface area contributed by atoms with Crippen LogP contribution in [-0.4, -0.2) is 42.3 Å². The molecule has 1 aromatic carbocycles. The van der Waals surface area contributed by atoms with Gasteiger partial charge < -0.3 is 10.2 Å². The predicted octanol–water partition coefficient (Wildman–Crippen LogP) is 3.65. The number of carboxylic acids is 2. The molecule has 0 spiro atoms. The van der Waals surface area contributed by atoms with Crippen LogP contribution in [0, 0.1) is 0 Å². The van der Waals surface area contributed by atoms with Gasteiger partial charge in [-0.3, -0.25) is 10.1 Å².